The molecular weight excluding hydrogens is 326 g/mol. The number of para-hydroxylation sites is 1. The molecule has 0 saturated carbocycles. The third-order valence-corrected chi connectivity index (χ3v) is 5.70. The second-order valence-electron chi connectivity index (χ2n) is 5.82. The second-order valence-corrected chi connectivity index (χ2v) is 8.05. The third-order valence-electron chi connectivity index (χ3n) is 3.93. The van der Waals surface area contributed by atoms with Crippen LogP contribution in [0.1, 0.15) is 6.42 Å². The van der Waals surface area contributed by atoms with Gasteiger partial charge in [-0.1, -0.05) is 48.5 Å². The van der Waals surface area contributed by atoms with E-state index in [9.17, 15) is 13.2 Å². The Labute approximate surface area is 141 Å². The highest BCUT2D eigenvalue weighted by atomic mass is 32.2. The minimum absolute atomic E-state index is 0.0132. The maximum atomic E-state index is 12.0. The molecule has 1 fully saturated rings. The van der Waals surface area contributed by atoms with E-state index in [1.807, 2.05) is 54.6 Å². The van der Waals surface area contributed by atoms with E-state index in [2.05, 4.69) is 5.32 Å². The third kappa shape index (κ3) is 4.14. The number of ether oxygens (including phenoxy) is 1. The first-order chi connectivity index (χ1) is 11.5. The highest BCUT2D eigenvalue weighted by Gasteiger charge is 2.28. The largest absolute Gasteiger partial charge is 0.483 e. The summed E-state index contributed by atoms with van der Waals surface area (Å²) in [4.78, 5) is 12.0. The summed E-state index contributed by atoms with van der Waals surface area (Å²) in [6.07, 6.45) is 0.467. The summed E-state index contributed by atoms with van der Waals surface area (Å²) >= 11 is 0. The molecular formula is C18H19NO4S. The maximum absolute atomic E-state index is 12.0. The molecule has 1 aliphatic heterocycles. The topological polar surface area (TPSA) is 72.5 Å². The van der Waals surface area contributed by atoms with Gasteiger partial charge in [0.1, 0.15) is 5.75 Å². The van der Waals surface area contributed by atoms with Gasteiger partial charge in [-0.15, -0.1) is 0 Å². The highest BCUT2D eigenvalue weighted by molar-refractivity contribution is 7.91. The lowest BCUT2D eigenvalue weighted by Crippen LogP contribution is -2.38. The number of carbonyl (C=O) groups excluding carboxylic acids is 1. The van der Waals surface area contributed by atoms with Gasteiger partial charge < -0.3 is 10.1 Å². The molecule has 1 heterocycles. The quantitative estimate of drug-likeness (QED) is 0.900. The smallest absolute Gasteiger partial charge is 0.258 e. The lowest BCUT2D eigenvalue weighted by Gasteiger charge is -2.14. The summed E-state index contributed by atoms with van der Waals surface area (Å²) in [5, 5.41) is 2.72. The Kier molecular flexibility index (Phi) is 4.85. The molecule has 0 aromatic heterocycles. The van der Waals surface area contributed by atoms with Gasteiger partial charge in [0.2, 0.25) is 0 Å². The van der Waals surface area contributed by atoms with Crippen molar-refractivity contribution in [2.24, 2.45) is 0 Å². The Bertz CT molecular complexity index is 818. The summed E-state index contributed by atoms with van der Waals surface area (Å²) in [5.41, 5.74) is 1.92. The molecule has 0 aliphatic carbocycles. The molecule has 0 radical (unpaired) electrons. The predicted octanol–water partition coefficient (Wildman–Crippen LogP) is 2.04. The van der Waals surface area contributed by atoms with Crippen LogP contribution in [-0.4, -0.2) is 38.5 Å². The summed E-state index contributed by atoms with van der Waals surface area (Å²) in [6.45, 7) is -0.138. The van der Waals surface area contributed by atoms with Crippen molar-refractivity contribution in [1.82, 2.24) is 5.32 Å². The van der Waals surface area contributed by atoms with E-state index in [-0.39, 0.29) is 30.1 Å². The van der Waals surface area contributed by atoms with E-state index in [0.717, 1.165) is 11.1 Å². The van der Waals surface area contributed by atoms with E-state index in [1.165, 1.54) is 0 Å². The lowest BCUT2D eigenvalue weighted by atomic mass is 10.1. The molecule has 1 aliphatic rings. The maximum Gasteiger partial charge on any atom is 0.258 e. The zero-order chi connectivity index (χ0) is 17.0. The van der Waals surface area contributed by atoms with Crippen LogP contribution in [0.4, 0.5) is 0 Å². The van der Waals surface area contributed by atoms with Crippen LogP contribution in [0.25, 0.3) is 11.1 Å². The number of sulfone groups is 1. The van der Waals surface area contributed by atoms with E-state index in [0.29, 0.717) is 12.2 Å². The molecule has 0 spiro atoms. The molecule has 6 heteroatoms. The zero-order valence-corrected chi connectivity index (χ0v) is 14.0. The van der Waals surface area contributed by atoms with Gasteiger partial charge in [-0.25, -0.2) is 8.42 Å². The Balaban J connectivity index is 1.62. The minimum Gasteiger partial charge on any atom is -0.483 e. The van der Waals surface area contributed by atoms with Crippen molar-refractivity contribution < 1.29 is 17.9 Å². The number of nitrogens with one attached hydrogen (secondary N) is 1. The summed E-state index contributed by atoms with van der Waals surface area (Å²) in [5.74, 6) is 0.465. The van der Waals surface area contributed by atoms with Crippen LogP contribution in [0, 0.1) is 0 Å². The van der Waals surface area contributed by atoms with Crippen molar-refractivity contribution in [3.8, 4) is 16.9 Å². The summed E-state index contributed by atoms with van der Waals surface area (Å²) in [6, 6.07) is 17.0. The van der Waals surface area contributed by atoms with Crippen LogP contribution in [0.5, 0.6) is 5.75 Å². The van der Waals surface area contributed by atoms with E-state index in [1.54, 1.807) is 0 Å². The summed E-state index contributed by atoms with van der Waals surface area (Å²) in [7, 11) is -3.01. The molecule has 1 N–H and O–H groups in total. The SMILES string of the molecule is O=C(COc1ccccc1-c1ccccc1)N[C@@H]1CCS(=O)(=O)C1. The molecule has 0 bridgehead atoms. The predicted molar refractivity (Wildman–Crippen MR) is 92.6 cm³/mol. The first kappa shape index (κ1) is 16.5. The number of rotatable bonds is 5. The van der Waals surface area contributed by atoms with Gasteiger partial charge in [-0.05, 0) is 18.1 Å². The minimum atomic E-state index is -3.01. The fraction of sp³-hybridized carbons (Fsp3) is 0.278. The lowest BCUT2D eigenvalue weighted by molar-refractivity contribution is -0.123. The van der Waals surface area contributed by atoms with Gasteiger partial charge in [0, 0.05) is 11.6 Å². The fourth-order valence-electron chi connectivity index (χ4n) is 2.77. The first-order valence-corrected chi connectivity index (χ1v) is 9.63. The molecule has 126 valence electrons. The molecule has 0 unspecified atom stereocenters. The van der Waals surface area contributed by atoms with Crippen LogP contribution >= 0.6 is 0 Å². The van der Waals surface area contributed by atoms with Crippen molar-refractivity contribution in [3.63, 3.8) is 0 Å². The molecule has 1 amide bonds. The van der Waals surface area contributed by atoms with Crippen LogP contribution < -0.4 is 10.1 Å². The highest BCUT2D eigenvalue weighted by Crippen LogP contribution is 2.29. The van der Waals surface area contributed by atoms with Crippen LogP contribution in [0.2, 0.25) is 0 Å². The number of amides is 1. The van der Waals surface area contributed by atoms with Crippen molar-refractivity contribution in [1.29, 1.82) is 0 Å². The average molecular weight is 345 g/mol. The van der Waals surface area contributed by atoms with Crippen LogP contribution in [0.15, 0.2) is 54.6 Å². The Hall–Kier alpha value is -2.34. The van der Waals surface area contributed by atoms with E-state index < -0.39 is 9.84 Å². The van der Waals surface area contributed by atoms with Gasteiger partial charge in [0.25, 0.3) is 5.91 Å². The molecule has 1 atom stereocenters. The van der Waals surface area contributed by atoms with Crippen molar-refractivity contribution in [2.45, 2.75) is 12.5 Å². The zero-order valence-electron chi connectivity index (χ0n) is 13.1. The molecule has 3 rings (SSSR count). The first-order valence-electron chi connectivity index (χ1n) is 7.80. The van der Waals surface area contributed by atoms with Gasteiger partial charge in [-0.2, -0.15) is 0 Å². The van der Waals surface area contributed by atoms with Gasteiger partial charge in [0.05, 0.1) is 11.5 Å². The van der Waals surface area contributed by atoms with Crippen LogP contribution in [0.3, 0.4) is 0 Å². The molecule has 1 saturated heterocycles. The summed E-state index contributed by atoms with van der Waals surface area (Å²) < 4.78 is 28.5. The second kappa shape index (κ2) is 7.05. The number of benzene rings is 2. The Morgan fingerprint density at radius 2 is 1.79 bits per heavy atom. The van der Waals surface area contributed by atoms with Gasteiger partial charge in [-0.3, -0.25) is 4.79 Å². The number of carbonyl (C=O) groups is 1. The molecule has 2 aromatic carbocycles. The monoisotopic (exact) mass is 345 g/mol. The molecule has 2 aromatic rings. The Morgan fingerprint density at radius 1 is 1.08 bits per heavy atom. The van der Waals surface area contributed by atoms with E-state index in [4.69, 9.17) is 4.74 Å². The fourth-order valence-corrected chi connectivity index (χ4v) is 4.44. The van der Waals surface area contributed by atoms with Crippen LogP contribution in [-0.2, 0) is 14.6 Å². The van der Waals surface area contributed by atoms with Crippen molar-refractivity contribution in [3.05, 3.63) is 54.6 Å². The van der Waals surface area contributed by atoms with Crippen molar-refractivity contribution in [2.75, 3.05) is 18.1 Å². The average Bonchev–Trinajstić information content (AvgIpc) is 2.92. The molecule has 24 heavy (non-hydrogen) atoms. The normalized spacial score (nSPS) is 18.9. The number of hydrogen-bond donors (Lipinski definition) is 1. The number of hydrogen-bond acceptors (Lipinski definition) is 4. The Morgan fingerprint density at radius 3 is 2.50 bits per heavy atom. The van der Waals surface area contributed by atoms with Gasteiger partial charge in [0.15, 0.2) is 16.4 Å². The van der Waals surface area contributed by atoms with Gasteiger partial charge >= 0.3 is 0 Å². The van der Waals surface area contributed by atoms with E-state index >= 15 is 0 Å². The standard InChI is InChI=1S/C18H19NO4S/c20-18(19-15-10-11-24(21,22)13-15)12-23-17-9-5-4-8-16(17)14-6-2-1-3-7-14/h1-9,15H,10-13H2,(H,19,20)/t15-/m1/s1. The van der Waals surface area contributed by atoms with Crippen molar-refractivity contribution >= 4 is 15.7 Å². The molecule has 5 nitrogen and oxygen atoms in total.